The highest BCUT2D eigenvalue weighted by molar-refractivity contribution is 7.90. The highest BCUT2D eigenvalue weighted by Crippen LogP contribution is 2.34. The minimum Gasteiger partial charge on any atom is -0.489 e. The highest BCUT2D eigenvalue weighted by atomic mass is 32.2. The summed E-state index contributed by atoms with van der Waals surface area (Å²) in [5.74, 6) is 0.690. The second kappa shape index (κ2) is 9.62. The van der Waals surface area contributed by atoms with Gasteiger partial charge in [-0.05, 0) is 28.8 Å². The zero-order valence-corrected chi connectivity index (χ0v) is 18.2. The monoisotopic (exact) mass is 438 g/mol. The second-order valence-corrected chi connectivity index (χ2v) is 9.51. The summed E-state index contributed by atoms with van der Waals surface area (Å²) in [6.45, 7) is 0.790. The van der Waals surface area contributed by atoms with E-state index in [4.69, 9.17) is 9.57 Å². The van der Waals surface area contributed by atoms with E-state index in [0.29, 0.717) is 12.4 Å². The molecular weight excluding hydrogens is 412 g/mol. The van der Waals surface area contributed by atoms with Crippen LogP contribution in [0.1, 0.15) is 22.7 Å². The molecule has 0 saturated carbocycles. The van der Waals surface area contributed by atoms with E-state index >= 15 is 0 Å². The average molecular weight is 439 g/mol. The maximum Gasteiger partial charge on any atom is 0.219 e. The molecule has 7 heteroatoms. The Kier molecular flexibility index (Phi) is 6.67. The lowest BCUT2D eigenvalue weighted by atomic mass is 10.0. The number of sulfonamides is 1. The van der Waals surface area contributed by atoms with Gasteiger partial charge in [-0.25, -0.2) is 13.1 Å². The van der Waals surface area contributed by atoms with E-state index in [9.17, 15) is 8.42 Å². The van der Waals surface area contributed by atoms with Gasteiger partial charge in [-0.1, -0.05) is 72.8 Å². The molecule has 0 unspecified atom stereocenters. The Morgan fingerprint density at radius 3 is 2.35 bits per heavy atom. The number of hydrogen-bond donors (Lipinski definition) is 1. The molecule has 0 amide bonds. The molecule has 6 nitrogen and oxygen atoms in total. The molecule has 1 fully saturated rings. The molecule has 4 rings (SSSR count). The molecule has 3 aromatic carbocycles. The largest absolute Gasteiger partial charge is 0.489 e. The SMILES string of the molecule is CN1OC[C@H](S(=O)(=O)NCc2ccccc2)[C@H]1c1cccc(OCc2ccccc2)c1. The van der Waals surface area contributed by atoms with Gasteiger partial charge in [0.15, 0.2) is 0 Å². The molecule has 0 spiro atoms. The van der Waals surface area contributed by atoms with Crippen LogP contribution in [0, 0.1) is 0 Å². The average Bonchev–Trinajstić information content (AvgIpc) is 3.20. The minimum absolute atomic E-state index is 0.0976. The molecule has 0 aliphatic carbocycles. The molecule has 31 heavy (non-hydrogen) atoms. The third-order valence-electron chi connectivity index (χ3n) is 5.35. The molecule has 0 bridgehead atoms. The van der Waals surface area contributed by atoms with Crippen LogP contribution in [0.15, 0.2) is 84.9 Å². The molecule has 2 atom stereocenters. The summed E-state index contributed by atoms with van der Waals surface area (Å²) >= 11 is 0. The number of hydrogen-bond acceptors (Lipinski definition) is 5. The van der Waals surface area contributed by atoms with Crippen molar-refractivity contribution in [1.29, 1.82) is 0 Å². The van der Waals surface area contributed by atoms with Crippen molar-refractivity contribution < 1.29 is 18.0 Å². The van der Waals surface area contributed by atoms with Gasteiger partial charge in [0.2, 0.25) is 10.0 Å². The first-order chi connectivity index (χ1) is 15.0. The molecule has 3 aromatic rings. The molecule has 1 saturated heterocycles. The number of nitrogens with zero attached hydrogens (tertiary/aromatic N) is 1. The first-order valence-corrected chi connectivity index (χ1v) is 11.7. The van der Waals surface area contributed by atoms with E-state index in [1.807, 2.05) is 84.9 Å². The summed E-state index contributed by atoms with van der Waals surface area (Å²) in [6, 6.07) is 26.5. The van der Waals surface area contributed by atoms with E-state index < -0.39 is 21.3 Å². The smallest absolute Gasteiger partial charge is 0.219 e. The zero-order valence-electron chi connectivity index (χ0n) is 17.3. The molecule has 1 aliphatic rings. The third kappa shape index (κ3) is 5.32. The van der Waals surface area contributed by atoms with Crippen LogP contribution in [0.2, 0.25) is 0 Å². The Labute approximate surface area is 183 Å². The Bertz CT molecular complexity index is 1090. The fourth-order valence-corrected chi connectivity index (χ4v) is 5.19. The fourth-order valence-electron chi connectivity index (χ4n) is 3.70. The third-order valence-corrected chi connectivity index (χ3v) is 7.09. The van der Waals surface area contributed by atoms with Crippen molar-refractivity contribution in [1.82, 2.24) is 9.79 Å². The Morgan fingerprint density at radius 1 is 0.968 bits per heavy atom. The van der Waals surface area contributed by atoms with Crippen molar-refractivity contribution in [3.8, 4) is 5.75 Å². The molecule has 1 aliphatic heterocycles. The van der Waals surface area contributed by atoms with Gasteiger partial charge >= 0.3 is 0 Å². The van der Waals surface area contributed by atoms with Gasteiger partial charge in [0.05, 0.1) is 12.6 Å². The predicted molar refractivity (Wildman–Crippen MR) is 120 cm³/mol. The number of nitrogens with one attached hydrogen (secondary N) is 1. The van der Waals surface area contributed by atoms with Gasteiger partial charge in [-0.2, -0.15) is 5.06 Å². The van der Waals surface area contributed by atoms with Gasteiger partial charge in [-0.15, -0.1) is 0 Å². The zero-order chi connectivity index (χ0) is 21.7. The molecule has 1 heterocycles. The van der Waals surface area contributed by atoms with Gasteiger partial charge < -0.3 is 4.74 Å². The van der Waals surface area contributed by atoms with Gasteiger partial charge in [0.1, 0.15) is 17.6 Å². The summed E-state index contributed by atoms with van der Waals surface area (Å²) in [6.07, 6.45) is 0. The van der Waals surface area contributed by atoms with Crippen molar-refractivity contribution in [2.24, 2.45) is 0 Å². The van der Waals surface area contributed by atoms with Crippen LogP contribution in [0.5, 0.6) is 5.75 Å². The maximum absolute atomic E-state index is 13.1. The van der Waals surface area contributed by atoms with E-state index in [1.165, 1.54) is 0 Å². The van der Waals surface area contributed by atoms with Crippen molar-refractivity contribution in [3.63, 3.8) is 0 Å². The van der Waals surface area contributed by atoms with Crippen molar-refractivity contribution in [2.45, 2.75) is 24.4 Å². The van der Waals surface area contributed by atoms with Crippen LogP contribution in [-0.4, -0.2) is 32.4 Å². The van der Waals surface area contributed by atoms with Crippen molar-refractivity contribution in [3.05, 3.63) is 102 Å². The topological polar surface area (TPSA) is 67.9 Å². The lowest BCUT2D eigenvalue weighted by Gasteiger charge is -2.23. The normalized spacial score (nSPS) is 19.4. The predicted octanol–water partition coefficient (Wildman–Crippen LogP) is 3.67. The molecular formula is C24H26N2O4S. The quantitative estimate of drug-likeness (QED) is 0.581. The van der Waals surface area contributed by atoms with Crippen LogP contribution in [0.25, 0.3) is 0 Å². The number of hydroxylamine groups is 2. The van der Waals surface area contributed by atoms with Crippen LogP contribution in [0.3, 0.4) is 0 Å². The second-order valence-electron chi connectivity index (χ2n) is 7.52. The summed E-state index contributed by atoms with van der Waals surface area (Å²) in [4.78, 5) is 5.61. The van der Waals surface area contributed by atoms with Gasteiger partial charge in [-0.3, -0.25) is 4.84 Å². The van der Waals surface area contributed by atoms with Gasteiger partial charge in [0, 0.05) is 13.6 Å². The van der Waals surface area contributed by atoms with Crippen molar-refractivity contribution in [2.75, 3.05) is 13.7 Å². The minimum atomic E-state index is -3.61. The van der Waals surface area contributed by atoms with E-state index in [1.54, 1.807) is 12.1 Å². The van der Waals surface area contributed by atoms with Crippen molar-refractivity contribution >= 4 is 10.0 Å². The molecule has 1 N–H and O–H groups in total. The number of benzene rings is 3. The first-order valence-electron chi connectivity index (χ1n) is 10.2. The lowest BCUT2D eigenvalue weighted by molar-refractivity contribution is -0.110. The lowest BCUT2D eigenvalue weighted by Crippen LogP contribution is -2.39. The van der Waals surface area contributed by atoms with Crippen LogP contribution in [-0.2, 0) is 28.0 Å². The Balaban J connectivity index is 1.49. The molecule has 0 aromatic heterocycles. The first kappa shape index (κ1) is 21.5. The summed E-state index contributed by atoms with van der Waals surface area (Å²) in [5, 5.41) is 0.883. The van der Waals surface area contributed by atoms with Crippen LogP contribution < -0.4 is 9.46 Å². The van der Waals surface area contributed by atoms with Crippen LogP contribution in [0.4, 0.5) is 0 Å². The molecule has 162 valence electrons. The summed E-state index contributed by atoms with van der Waals surface area (Å²) in [7, 11) is -1.86. The Hall–Kier alpha value is -2.71. The Morgan fingerprint density at radius 2 is 1.65 bits per heavy atom. The number of ether oxygens (including phenoxy) is 1. The molecule has 0 radical (unpaired) electrons. The maximum atomic E-state index is 13.1. The fraction of sp³-hybridized carbons (Fsp3) is 0.250. The summed E-state index contributed by atoms with van der Waals surface area (Å²) < 4.78 is 34.8. The summed E-state index contributed by atoms with van der Waals surface area (Å²) in [5.41, 5.74) is 2.81. The van der Waals surface area contributed by atoms with E-state index in [0.717, 1.165) is 16.7 Å². The van der Waals surface area contributed by atoms with Crippen LogP contribution >= 0.6 is 0 Å². The highest BCUT2D eigenvalue weighted by Gasteiger charge is 2.43. The standard InChI is InChI=1S/C24H26N2O4S/c1-26-24(21-13-8-14-22(15-21)29-17-20-11-6-3-7-12-20)23(18-30-26)31(27,28)25-16-19-9-4-2-5-10-19/h2-15,23-25H,16-18H2,1H3/t23-,24+/m0/s1. The van der Waals surface area contributed by atoms with E-state index in [2.05, 4.69) is 4.72 Å². The van der Waals surface area contributed by atoms with Gasteiger partial charge in [0.25, 0.3) is 0 Å². The number of rotatable bonds is 8. The van der Waals surface area contributed by atoms with E-state index in [-0.39, 0.29) is 13.2 Å².